The summed E-state index contributed by atoms with van der Waals surface area (Å²) in [6, 6.07) is 10.4. The third kappa shape index (κ3) is 3.66. The molecule has 3 nitrogen and oxygen atoms in total. The number of carbonyl (C=O) groups is 1. The summed E-state index contributed by atoms with van der Waals surface area (Å²) in [5.41, 5.74) is 6.93. The molecule has 0 spiro atoms. The molecule has 0 aliphatic carbocycles. The predicted molar refractivity (Wildman–Crippen MR) is 84.1 cm³/mol. The zero-order valence-corrected chi connectivity index (χ0v) is 13.3. The number of hydrogen-bond acceptors (Lipinski definition) is 3. The van der Waals surface area contributed by atoms with E-state index < -0.39 is 5.97 Å². The number of halogens is 3. The Morgan fingerprint density at radius 3 is 2.70 bits per heavy atom. The summed E-state index contributed by atoms with van der Waals surface area (Å²) in [5, 5.41) is 0.561. The fraction of sp³-hybridized carbons (Fsp3) is 0.0714. The number of anilines is 1. The molecule has 0 fully saturated rings. The summed E-state index contributed by atoms with van der Waals surface area (Å²) >= 11 is 15.1. The smallest absolute Gasteiger partial charge is 0.340 e. The molecule has 20 heavy (non-hydrogen) atoms. The first-order valence-corrected chi connectivity index (χ1v) is 7.18. The van der Waals surface area contributed by atoms with Crippen LogP contribution in [0.25, 0.3) is 0 Å². The van der Waals surface area contributed by atoms with Gasteiger partial charge in [-0.2, -0.15) is 0 Å². The molecule has 0 aliphatic rings. The van der Waals surface area contributed by atoms with Crippen LogP contribution < -0.4 is 5.73 Å². The average molecular weight is 375 g/mol. The molecule has 2 N–H and O–H groups in total. The van der Waals surface area contributed by atoms with E-state index in [1.165, 1.54) is 12.1 Å². The number of ether oxygens (including phenoxy) is 1. The first kappa shape index (κ1) is 15.2. The summed E-state index contributed by atoms with van der Waals surface area (Å²) in [6.45, 7) is 0.141. The largest absolute Gasteiger partial charge is 0.457 e. The topological polar surface area (TPSA) is 52.3 Å². The number of esters is 1. The molecule has 0 radical (unpaired) electrons. The van der Waals surface area contributed by atoms with E-state index in [2.05, 4.69) is 15.9 Å². The Hall–Kier alpha value is -1.23. The fourth-order valence-corrected chi connectivity index (χ4v) is 2.55. The quantitative estimate of drug-likeness (QED) is 0.626. The van der Waals surface area contributed by atoms with Crippen LogP contribution in [-0.2, 0) is 11.3 Å². The third-order valence-electron chi connectivity index (χ3n) is 2.57. The minimum Gasteiger partial charge on any atom is -0.457 e. The minimum absolute atomic E-state index is 0.141. The van der Waals surface area contributed by atoms with E-state index >= 15 is 0 Å². The molecule has 0 atom stereocenters. The zero-order chi connectivity index (χ0) is 14.7. The molecular formula is C14H10BrCl2NO2. The molecule has 0 aliphatic heterocycles. The van der Waals surface area contributed by atoms with Gasteiger partial charge in [-0.1, -0.05) is 51.3 Å². The number of nitrogen functional groups attached to an aromatic ring is 1. The van der Waals surface area contributed by atoms with Crippen LogP contribution >= 0.6 is 39.1 Å². The summed E-state index contributed by atoms with van der Waals surface area (Å²) < 4.78 is 6.12. The van der Waals surface area contributed by atoms with Crippen LogP contribution in [0.2, 0.25) is 10.0 Å². The van der Waals surface area contributed by atoms with Crippen molar-refractivity contribution < 1.29 is 9.53 Å². The monoisotopic (exact) mass is 373 g/mol. The molecule has 0 heterocycles. The van der Waals surface area contributed by atoms with Crippen molar-refractivity contribution in [1.82, 2.24) is 0 Å². The van der Waals surface area contributed by atoms with Crippen LogP contribution in [0, 0.1) is 0 Å². The van der Waals surface area contributed by atoms with Gasteiger partial charge in [-0.3, -0.25) is 0 Å². The number of rotatable bonds is 3. The Morgan fingerprint density at radius 1 is 1.25 bits per heavy atom. The zero-order valence-electron chi connectivity index (χ0n) is 10.2. The maximum Gasteiger partial charge on any atom is 0.340 e. The number of carbonyl (C=O) groups excluding carboxylic acids is 1. The maximum atomic E-state index is 12.0. The lowest BCUT2D eigenvalue weighted by Crippen LogP contribution is -2.08. The summed E-state index contributed by atoms with van der Waals surface area (Å²) in [7, 11) is 0. The SMILES string of the molecule is Nc1c(Cl)cc(Cl)cc1C(=O)OCc1cccc(Br)c1. The molecular weight excluding hydrogens is 365 g/mol. The van der Waals surface area contributed by atoms with Gasteiger partial charge in [-0.15, -0.1) is 0 Å². The van der Waals surface area contributed by atoms with Crippen molar-refractivity contribution in [3.63, 3.8) is 0 Å². The standard InChI is InChI=1S/C14H10BrCl2NO2/c15-9-3-1-2-8(4-9)7-20-14(19)11-5-10(16)6-12(17)13(11)18/h1-6H,7,18H2. The molecule has 0 saturated heterocycles. The van der Waals surface area contributed by atoms with E-state index in [1.807, 2.05) is 24.3 Å². The second kappa shape index (κ2) is 6.48. The van der Waals surface area contributed by atoms with E-state index in [0.717, 1.165) is 10.0 Å². The first-order valence-electron chi connectivity index (χ1n) is 5.63. The van der Waals surface area contributed by atoms with E-state index in [-0.39, 0.29) is 22.9 Å². The molecule has 0 unspecified atom stereocenters. The highest BCUT2D eigenvalue weighted by molar-refractivity contribution is 9.10. The van der Waals surface area contributed by atoms with E-state index in [9.17, 15) is 4.79 Å². The van der Waals surface area contributed by atoms with Crippen molar-refractivity contribution in [2.45, 2.75) is 6.61 Å². The van der Waals surface area contributed by atoms with Crippen molar-refractivity contribution in [2.24, 2.45) is 0 Å². The van der Waals surface area contributed by atoms with Crippen LogP contribution in [0.15, 0.2) is 40.9 Å². The molecule has 2 aromatic rings. The molecule has 2 aromatic carbocycles. The molecule has 0 saturated carbocycles. The van der Waals surface area contributed by atoms with Crippen molar-refractivity contribution in [3.8, 4) is 0 Å². The van der Waals surface area contributed by atoms with Gasteiger partial charge in [0.05, 0.1) is 16.3 Å². The Morgan fingerprint density at radius 2 is 2.00 bits per heavy atom. The molecule has 6 heteroatoms. The van der Waals surface area contributed by atoms with Crippen LogP contribution in [-0.4, -0.2) is 5.97 Å². The van der Waals surface area contributed by atoms with Gasteiger partial charge in [0.25, 0.3) is 0 Å². The van der Waals surface area contributed by atoms with Crippen molar-refractivity contribution in [2.75, 3.05) is 5.73 Å². The predicted octanol–water partition coefficient (Wildman–Crippen LogP) is 4.70. The normalized spacial score (nSPS) is 10.3. The van der Waals surface area contributed by atoms with Crippen molar-refractivity contribution >= 4 is 50.8 Å². The Balaban J connectivity index is 2.13. The summed E-state index contributed by atoms with van der Waals surface area (Å²) in [6.07, 6.45) is 0. The van der Waals surface area contributed by atoms with Gasteiger partial charge in [-0.25, -0.2) is 4.79 Å². The summed E-state index contributed by atoms with van der Waals surface area (Å²) in [4.78, 5) is 12.0. The fourth-order valence-electron chi connectivity index (χ4n) is 1.61. The lowest BCUT2D eigenvalue weighted by atomic mass is 10.2. The van der Waals surface area contributed by atoms with Crippen molar-refractivity contribution in [3.05, 3.63) is 62.0 Å². The van der Waals surface area contributed by atoms with Crippen LogP contribution in [0.5, 0.6) is 0 Å². The molecule has 0 amide bonds. The highest BCUT2D eigenvalue weighted by Crippen LogP contribution is 2.28. The van der Waals surface area contributed by atoms with Gasteiger partial charge < -0.3 is 10.5 Å². The van der Waals surface area contributed by atoms with E-state index in [4.69, 9.17) is 33.7 Å². The van der Waals surface area contributed by atoms with E-state index in [0.29, 0.717) is 5.02 Å². The van der Waals surface area contributed by atoms with Gasteiger partial charge in [0.2, 0.25) is 0 Å². The number of hydrogen-bond donors (Lipinski definition) is 1. The molecule has 0 bridgehead atoms. The molecule has 104 valence electrons. The van der Waals surface area contributed by atoms with Crippen LogP contribution in [0.4, 0.5) is 5.69 Å². The highest BCUT2D eigenvalue weighted by atomic mass is 79.9. The third-order valence-corrected chi connectivity index (χ3v) is 3.60. The Bertz CT molecular complexity index is 662. The first-order chi connectivity index (χ1) is 9.47. The lowest BCUT2D eigenvalue weighted by Gasteiger charge is -2.09. The van der Waals surface area contributed by atoms with Gasteiger partial charge in [0, 0.05) is 9.50 Å². The lowest BCUT2D eigenvalue weighted by molar-refractivity contribution is 0.0474. The average Bonchev–Trinajstić information content (AvgIpc) is 2.40. The van der Waals surface area contributed by atoms with Gasteiger partial charge >= 0.3 is 5.97 Å². The Labute approximate surface area is 134 Å². The van der Waals surface area contributed by atoms with Crippen LogP contribution in [0.1, 0.15) is 15.9 Å². The second-order valence-electron chi connectivity index (χ2n) is 4.05. The van der Waals surface area contributed by atoms with Gasteiger partial charge in [0.1, 0.15) is 6.61 Å². The molecule has 0 aromatic heterocycles. The van der Waals surface area contributed by atoms with Crippen LogP contribution in [0.3, 0.4) is 0 Å². The minimum atomic E-state index is -0.563. The van der Waals surface area contributed by atoms with E-state index in [1.54, 1.807) is 0 Å². The maximum absolute atomic E-state index is 12.0. The van der Waals surface area contributed by atoms with Gasteiger partial charge in [0.15, 0.2) is 0 Å². The Kier molecular flexibility index (Phi) is 4.91. The highest BCUT2D eigenvalue weighted by Gasteiger charge is 2.15. The molecule has 2 rings (SSSR count). The van der Waals surface area contributed by atoms with Gasteiger partial charge in [-0.05, 0) is 29.8 Å². The second-order valence-corrected chi connectivity index (χ2v) is 5.81. The number of benzene rings is 2. The number of nitrogens with two attached hydrogens (primary N) is 1. The van der Waals surface area contributed by atoms with Crippen molar-refractivity contribution in [1.29, 1.82) is 0 Å². The summed E-state index contributed by atoms with van der Waals surface area (Å²) in [5.74, 6) is -0.563.